The molecule has 142 valence electrons. The third-order valence-electron chi connectivity index (χ3n) is 3.91. The first-order valence-electron chi connectivity index (χ1n) is 8.64. The van der Waals surface area contributed by atoms with Crippen molar-refractivity contribution in [3.63, 3.8) is 0 Å². The molecule has 0 heterocycles. The van der Waals surface area contributed by atoms with E-state index in [0.29, 0.717) is 11.3 Å². The van der Waals surface area contributed by atoms with Gasteiger partial charge in [0.05, 0.1) is 6.42 Å². The zero-order valence-corrected chi connectivity index (χ0v) is 18.1. The van der Waals surface area contributed by atoms with Gasteiger partial charge in [0.1, 0.15) is 0 Å². The second-order valence-corrected chi connectivity index (χ2v) is 8.59. The standard InChI is InChI=1S/C21H24IN3O2/c1-14(13-19(26)23-18-11-9-17(22)10-12-18)24-25-20(27)15-5-7-16(8-6-15)21(2,3)4/h5-12H,13H2,1-4H3,(H,23,26)(H,25,27)/b24-14+. The van der Waals surface area contributed by atoms with E-state index in [1.54, 1.807) is 19.1 Å². The molecule has 0 fully saturated rings. The number of anilines is 1. The van der Waals surface area contributed by atoms with Gasteiger partial charge in [-0.15, -0.1) is 0 Å². The minimum atomic E-state index is -0.298. The Balaban J connectivity index is 1.89. The zero-order valence-electron chi connectivity index (χ0n) is 16.0. The van der Waals surface area contributed by atoms with Gasteiger partial charge in [0.15, 0.2) is 0 Å². The molecule has 6 heteroatoms. The molecule has 2 amide bonds. The smallest absolute Gasteiger partial charge is 0.271 e. The first-order valence-corrected chi connectivity index (χ1v) is 9.72. The third kappa shape index (κ3) is 6.78. The van der Waals surface area contributed by atoms with E-state index in [9.17, 15) is 9.59 Å². The summed E-state index contributed by atoms with van der Waals surface area (Å²) in [6.45, 7) is 8.07. The lowest BCUT2D eigenvalue weighted by Crippen LogP contribution is -2.21. The van der Waals surface area contributed by atoms with Crippen LogP contribution < -0.4 is 10.7 Å². The van der Waals surface area contributed by atoms with Crippen molar-refractivity contribution in [3.05, 3.63) is 63.2 Å². The first kappa shape index (κ1) is 21.1. The minimum absolute atomic E-state index is 0.0359. The van der Waals surface area contributed by atoms with Crippen molar-refractivity contribution in [2.24, 2.45) is 5.10 Å². The summed E-state index contributed by atoms with van der Waals surface area (Å²) in [7, 11) is 0. The topological polar surface area (TPSA) is 70.6 Å². The summed E-state index contributed by atoms with van der Waals surface area (Å²) >= 11 is 2.21. The normalized spacial score (nSPS) is 11.8. The highest BCUT2D eigenvalue weighted by Crippen LogP contribution is 2.22. The van der Waals surface area contributed by atoms with E-state index in [1.165, 1.54) is 0 Å². The lowest BCUT2D eigenvalue weighted by atomic mass is 9.87. The average molecular weight is 477 g/mol. The average Bonchev–Trinajstić information content (AvgIpc) is 2.61. The van der Waals surface area contributed by atoms with Gasteiger partial charge in [-0.2, -0.15) is 5.10 Å². The summed E-state index contributed by atoms with van der Waals surface area (Å²) in [6.07, 6.45) is 0.106. The Labute approximate surface area is 173 Å². The molecular formula is C21H24IN3O2. The van der Waals surface area contributed by atoms with Gasteiger partial charge in [0.2, 0.25) is 5.91 Å². The maximum atomic E-state index is 12.2. The second-order valence-electron chi connectivity index (χ2n) is 7.35. The highest BCUT2D eigenvalue weighted by molar-refractivity contribution is 14.1. The van der Waals surface area contributed by atoms with Crippen LogP contribution in [0, 0.1) is 3.57 Å². The maximum Gasteiger partial charge on any atom is 0.271 e. The van der Waals surface area contributed by atoms with E-state index < -0.39 is 0 Å². The van der Waals surface area contributed by atoms with Crippen molar-refractivity contribution in [2.45, 2.75) is 39.5 Å². The molecule has 27 heavy (non-hydrogen) atoms. The van der Waals surface area contributed by atoms with E-state index in [0.717, 1.165) is 14.8 Å². The van der Waals surface area contributed by atoms with E-state index in [4.69, 9.17) is 0 Å². The number of halogens is 1. The highest BCUT2D eigenvalue weighted by Gasteiger charge is 2.14. The Morgan fingerprint density at radius 1 is 1.00 bits per heavy atom. The number of nitrogens with zero attached hydrogens (tertiary/aromatic N) is 1. The molecular weight excluding hydrogens is 453 g/mol. The van der Waals surface area contributed by atoms with Crippen molar-refractivity contribution in [1.82, 2.24) is 5.43 Å². The number of hydrogen-bond donors (Lipinski definition) is 2. The molecule has 2 aromatic rings. The molecule has 0 aliphatic heterocycles. The van der Waals surface area contributed by atoms with Gasteiger partial charge in [-0.05, 0) is 76.9 Å². The summed E-state index contributed by atoms with van der Waals surface area (Å²) in [5.74, 6) is -0.478. The third-order valence-corrected chi connectivity index (χ3v) is 4.62. The monoisotopic (exact) mass is 477 g/mol. The summed E-state index contributed by atoms with van der Waals surface area (Å²) in [5, 5.41) is 6.83. The van der Waals surface area contributed by atoms with Gasteiger partial charge in [0.25, 0.3) is 5.91 Å². The Kier molecular flexibility index (Phi) is 7.12. The number of carbonyl (C=O) groups is 2. The molecule has 0 aliphatic rings. The number of rotatable bonds is 5. The molecule has 0 radical (unpaired) electrons. The fourth-order valence-corrected chi connectivity index (χ4v) is 2.70. The number of benzene rings is 2. The van der Waals surface area contributed by atoms with Crippen molar-refractivity contribution < 1.29 is 9.59 Å². The summed E-state index contributed by atoms with van der Waals surface area (Å²) in [5.41, 5.74) is 5.48. The number of amides is 2. The van der Waals surface area contributed by atoms with Crippen LogP contribution in [0.3, 0.4) is 0 Å². The molecule has 0 saturated carbocycles. The molecule has 2 N–H and O–H groups in total. The van der Waals surface area contributed by atoms with E-state index >= 15 is 0 Å². The van der Waals surface area contributed by atoms with Crippen LogP contribution in [0.4, 0.5) is 5.69 Å². The van der Waals surface area contributed by atoms with Crippen molar-refractivity contribution in [3.8, 4) is 0 Å². The van der Waals surface area contributed by atoms with Crippen molar-refractivity contribution in [1.29, 1.82) is 0 Å². The van der Waals surface area contributed by atoms with Gasteiger partial charge >= 0.3 is 0 Å². The number of carbonyl (C=O) groups excluding carboxylic acids is 2. The van der Waals surface area contributed by atoms with Gasteiger partial charge in [0, 0.05) is 20.5 Å². The molecule has 2 rings (SSSR count). The Morgan fingerprint density at radius 3 is 2.15 bits per heavy atom. The van der Waals surface area contributed by atoms with Gasteiger partial charge in [-0.3, -0.25) is 9.59 Å². The van der Waals surface area contributed by atoms with Crippen LogP contribution in [0.15, 0.2) is 53.6 Å². The Bertz CT molecular complexity index is 835. The first-order chi connectivity index (χ1) is 12.6. The molecule has 2 aromatic carbocycles. The van der Waals surface area contributed by atoms with Crippen LogP contribution in [0.2, 0.25) is 0 Å². The van der Waals surface area contributed by atoms with E-state index in [2.05, 4.69) is 59.2 Å². The Hall–Kier alpha value is -2.22. The summed E-state index contributed by atoms with van der Waals surface area (Å²) in [6, 6.07) is 15.0. The number of hydrazone groups is 1. The Morgan fingerprint density at radius 2 is 1.59 bits per heavy atom. The molecule has 0 spiro atoms. The zero-order chi connectivity index (χ0) is 20.0. The van der Waals surface area contributed by atoms with Gasteiger partial charge < -0.3 is 5.32 Å². The van der Waals surface area contributed by atoms with Crippen molar-refractivity contribution >= 4 is 45.8 Å². The van der Waals surface area contributed by atoms with Crippen LogP contribution in [0.25, 0.3) is 0 Å². The van der Waals surface area contributed by atoms with Crippen LogP contribution in [-0.4, -0.2) is 17.5 Å². The fraction of sp³-hybridized carbons (Fsp3) is 0.286. The molecule has 0 unspecified atom stereocenters. The maximum absolute atomic E-state index is 12.2. The molecule has 0 aliphatic carbocycles. The van der Waals surface area contributed by atoms with Crippen LogP contribution >= 0.6 is 22.6 Å². The van der Waals surface area contributed by atoms with Crippen LogP contribution in [0.1, 0.15) is 50.0 Å². The molecule has 0 aromatic heterocycles. The van der Waals surface area contributed by atoms with E-state index in [1.807, 2.05) is 36.4 Å². The summed E-state index contributed by atoms with van der Waals surface area (Å²) < 4.78 is 1.10. The lowest BCUT2D eigenvalue weighted by molar-refractivity contribution is -0.115. The predicted octanol–water partition coefficient (Wildman–Crippen LogP) is 4.72. The molecule has 0 saturated heterocycles. The quantitative estimate of drug-likeness (QED) is 0.372. The SMILES string of the molecule is C/C(CC(=O)Nc1ccc(I)cc1)=N\NC(=O)c1ccc(C(C)(C)C)cc1. The predicted molar refractivity (Wildman–Crippen MR) is 118 cm³/mol. The van der Waals surface area contributed by atoms with E-state index in [-0.39, 0.29) is 23.7 Å². The highest BCUT2D eigenvalue weighted by atomic mass is 127. The van der Waals surface area contributed by atoms with Gasteiger partial charge in [-0.1, -0.05) is 32.9 Å². The number of nitrogens with one attached hydrogen (secondary N) is 2. The van der Waals surface area contributed by atoms with Crippen LogP contribution in [-0.2, 0) is 10.2 Å². The largest absolute Gasteiger partial charge is 0.326 e. The van der Waals surface area contributed by atoms with Crippen LogP contribution in [0.5, 0.6) is 0 Å². The fourth-order valence-electron chi connectivity index (χ4n) is 2.34. The lowest BCUT2D eigenvalue weighted by Gasteiger charge is -2.18. The number of hydrogen-bond acceptors (Lipinski definition) is 3. The minimum Gasteiger partial charge on any atom is -0.326 e. The second kappa shape index (κ2) is 9.12. The molecule has 0 atom stereocenters. The molecule has 0 bridgehead atoms. The van der Waals surface area contributed by atoms with Crippen molar-refractivity contribution in [2.75, 3.05) is 5.32 Å². The van der Waals surface area contributed by atoms with Gasteiger partial charge in [-0.25, -0.2) is 5.43 Å². The molecule has 5 nitrogen and oxygen atoms in total. The summed E-state index contributed by atoms with van der Waals surface area (Å²) in [4.78, 5) is 24.2.